The Labute approximate surface area is 160 Å². The van der Waals surface area contributed by atoms with Gasteiger partial charge in [-0.15, -0.1) is 11.6 Å². The highest BCUT2D eigenvalue weighted by molar-refractivity contribution is 6.20. The highest BCUT2D eigenvalue weighted by Crippen LogP contribution is 2.33. The second kappa shape index (κ2) is 12.2. The van der Waals surface area contributed by atoms with Crippen molar-refractivity contribution in [3.63, 3.8) is 0 Å². The Balaban J connectivity index is 1.50. The first-order valence-electron chi connectivity index (χ1n) is 11.0. The number of ether oxygens (including phenoxy) is 1. The van der Waals surface area contributed by atoms with E-state index in [9.17, 15) is 4.79 Å². The highest BCUT2D eigenvalue weighted by Gasteiger charge is 2.30. The summed E-state index contributed by atoms with van der Waals surface area (Å²) in [6.07, 6.45) is 19.8. The molecule has 25 heavy (non-hydrogen) atoms. The van der Waals surface area contributed by atoms with Crippen LogP contribution in [0.4, 0.5) is 0 Å². The van der Waals surface area contributed by atoms with Crippen molar-refractivity contribution in [1.29, 1.82) is 0 Å². The van der Waals surface area contributed by atoms with Gasteiger partial charge in [0.25, 0.3) is 0 Å². The van der Waals surface area contributed by atoms with Crippen LogP contribution in [0.25, 0.3) is 0 Å². The van der Waals surface area contributed by atoms with E-state index in [-0.39, 0.29) is 23.4 Å². The van der Waals surface area contributed by atoms with Crippen LogP contribution in [-0.4, -0.2) is 17.5 Å². The summed E-state index contributed by atoms with van der Waals surface area (Å²) in [6, 6.07) is 0. The van der Waals surface area contributed by atoms with Gasteiger partial charge in [0.1, 0.15) is 6.10 Å². The molecule has 0 heterocycles. The molecule has 2 saturated carbocycles. The molecular weight excluding hydrogens is 332 g/mol. The van der Waals surface area contributed by atoms with Crippen molar-refractivity contribution in [2.45, 2.75) is 121 Å². The summed E-state index contributed by atoms with van der Waals surface area (Å²) >= 11 is 6.13. The van der Waals surface area contributed by atoms with Gasteiger partial charge in [0.05, 0.1) is 5.92 Å². The lowest BCUT2D eigenvalue weighted by atomic mass is 9.83. The third-order valence-electron chi connectivity index (χ3n) is 6.28. The van der Waals surface area contributed by atoms with Crippen LogP contribution in [0.3, 0.4) is 0 Å². The van der Waals surface area contributed by atoms with Gasteiger partial charge < -0.3 is 4.74 Å². The van der Waals surface area contributed by atoms with Crippen LogP contribution in [-0.2, 0) is 9.53 Å². The predicted molar refractivity (Wildman–Crippen MR) is 106 cm³/mol. The fraction of sp³-hybridized carbons (Fsp3) is 0.955. The van der Waals surface area contributed by atoms with Gasteiger partial charge in [0, 0.05) is 5.38 Å². The molecule has 2 rings (SSSR count). The van der Waals surface area contributed by atoms with Crippen molar-refractivity contribution in [2.75, 3.05) is 0 Å². The van der Waals surface area contributed by atoms with Gasteiger partial charge in [-0.25, -0.2) is 0 Å². The Morgan fingerprint density at radius 1 is 0.840 bits per heavy atom. The molecule has 0 amide bonds. The smallest absolute Gasteiger partial charge is 0.309 e. The Morgan fingerprint density at radius 2 is 1.44 bits per heavy atom. The third kappa shape index (κ3) is 8.33. The largest absolute Gasteiger partial charge is 0.462 e. The lowest BCUT2D eigenvalue weighted by Crippen LogP contribution is -2.30. The minimum absolute atomic E-state index is 0.0547. The lowest BCUT2D eigenvalue weighted by Gasteiger charge is -2.30. The van der Waals surface area contributed by atoms with Gasteiger partial charge in [0.2, 0.25) is 0 Å². The predicted octanol–water partition coefficient (Wildman–Crippen LogP) is 7.03. The quantitative estimate of drug-likeness (QED) is 0.234. The Kier molecular flexibility index (Phi) is 10.3. The number of halogens is 1. The van der Waals surface area contributed by atoms with Gasteiger partial charge in [-0.05, 0) is 57.3 Å². The maximum atomic E-state index is 12.3. The molecule has 0 aromatic heterocycles. The van der Waals surface area contributed by atoms with Crippen molar-refractivity contribution in [3.8, 4) is 0 Å². The van der Waals surface area contributed by atoms with E-state index in [0.29, 0.717) is 0 Å². The van der Waals surface area contributed by atoms with Crippen LogP contribution >= 0.6 is 11.6 Å². The summed E-state index contributed by atoms with van der Waals surface area (Å²) in [4.78, 5) is 12.3. The second-order valence-corrected chi connectivity index (χ2v) is 9.06. The zero-order valence-electron chi connectivity index (χ0n) is 16.3. The molecule has 146 valence electrons. The van der Waals surface area contributed by atoms with Gasteiger partial charge in [-0.1, -0.05) is 58.3 Å². The van der Waals surface area contributed by atoms with Gasteiger partial charge in [-0.3, -0.25) is 4.79 Å². The lowest BCUT2D eigenvalue weighted by molar-refractivity contribution is -0.157. The molecule has 0 radical (unpaired) electrons. The van der Waals surface area contributed by atoms with Crippen LogP contribution in [0, 0.1) is 11.8 Å². The van der Waals surface area contributed by atoms with E-state index in [1.54, 1.807) is 0 Å². The van der Waals surface area contributed by atoms with Crippen molar-refractivity contribution in [2.24, 2.45) is 11.8 Å². The van der Waals surface area contributed by atoms with E-state index >= 15 is 0 Å². The molecule has 2 fully saturated rings. The van der Waals surface area contributed by atoms with E-state index in [0.717, 1.165) is 44.4 Å². The van der Waals surface area contributed by atoms with Crippen LogP contribution in [0.5, 0.6) is 0 Å². The molecule has 2 nitrogen and oxygen atoms in total. The number of carbonyl (C=O) groups excluding carboxylic acids is 1. The SMILES string of the molecule is CCCCCCCCCC1CCC(OC(=O)C2CCC(Cl)CC2)CC1. The second-order valence-electron chi connectivity index (χ2n) is 8.44. The first-order valence-corrected chi connectivity index (χ1v) is 11.5. The zero-order chi connectivity index (χ0) is 17.9. The average Bonchev–Trinajstić information content (AvgIpc) is 2.63. The molecule has 0 aromatic rings. The molecule has 0 spiro atoms. The summed E-state index contributed by atoms with van der Waals surface area (Å²) < 4.78 is 5.81. The maximum absolute atomic E-state index is 12.3. The molecule has 0 aliphatic heterocycles. The van der Waals surface area contributed by atoms with Crippen LogP contribution < -0.4 is 0 Å². The fourth-order valence-electron chi connectivity index (χ4n) is 4.48. The monoisotopic (exact) mass is 370 g/mol. The highest BCUT2D eigenvalue weighted by atomic mass is 35.5. The number of hydrogen-bond donors (Lipinski definition) is 0. The minimum atomic E-state index is 0.0547. The molecular formula is C22H39ClO2. The Bertz CT molecular complexity index is 355. The topological polar surface area (TPSA) is 26.3 Å². The fourth-order valence-corrected chi connectivity index (χ4v) is 4.73. The Morgan fingerprint density at radius 3 is 2.08 bits per heavy atom. The summed E-state index contributed by atoms with van der Waals surface area (Å²) in [5.74, 6) is 1.04. The number of hydrogen-bond acceptors (Lipinski definition) is 2. The van der Waals surface area contributed by atoms with Crippen LogP contribution in [0.15, 0.2) is 0 Å². The molecule has 0 bridgehead atoms. The zero-order valence-corrected chi connectivity index (χ0v) is 17.1. The number of carbonyl (C=O) groups is 1. The molecule has 2 aliphatic carbocycles. The van der Waals surface area contributed by atoms with Crippen molar-refractivity contribution >= 4 is 17.6 Å². The van der Waals surface area contributed by atoms with Gasteiger partial charge in [0.15, 0.2) is 0 Å². The van der Waals surface area contributed by atoms with E-state index in [2.05, 4.69) is 6.92 Å². The van der Waals surface area contributed by atoms with E-state index < -0.39 is 0 Å². The molecule has 0 aromatic carbocycles. The third-order valence-corrected chi connectivity index (χ3v) is 6.72. The molecule has 0 N–H and O–H groups in total. The van der Waals surface area contributed by atoms with Gasteiger partial charge in [-0.2, -0.15) is 0 Å². The molecule has 2 aliphatic rings. The first kappa shape index (κ1) is 21.1. The molecule has 0 saturated heterocycles. The number of rotatable bonds is 10. The number of esters is 1. The summed E-state index contributed by atoms with van der Waals surface area (Å²) in [6.45, 7) is 2.28. The molecule has 0 atom stereocenters. The van der Waals surface area contributed by atoms with E-state index in [1.807, 2.05) is 0 Å². The standard InChI is InChI=1S/C22H39ClO2/c1-2-3-4-5-6-7-8-9-18-10-16-21(17-11-18)25-22(24)19-12-14-20(23)15-13-19/h18-21H,2-17H2,1H3. The summed E-state index contributed by atoms with van der Waals surface area (Å²) in [5, 5.41) is 0.270. The van der Waals surface area contributed by atoms with Gasteiger partial charge >= 0.3 is 5.97 Å². The van der Waals surface area contributed by atoms with Crippen molar-refractivity contribution in [1.82, 2.24) is 0 Å². The maximum Gasteiger partial charge on any atom is 0.309 e. The summed E-state index contributed by atoms with van der Waals surface area (Å²) in [5.41, 5.74) is 0. The number of unbranched alkanes of at least 4 members (excludes halogenated alkanes) is 6. The van der Waals surface area contributed by atoms with Crippen molar-refractivity contribution in [3.05, 3.63) is 0 Å². The van der Waals surface area contributed by atoms with E-state index in [4.69, 9.17) is 16.3 Å². The average molecular weight is 371 g/mol. The van der Waals surface area contributed by atoms with Crippen LogP contribution in [0.2, 0.25) is 0 Å². The first-order chi connectivity index (χ1) is 12.2. The van der Waals surface area contributed by atoms with Crippen LogP contribution in [0.1, 0.15) is 110 Å². The molecule has 0 unspecified atom stereocenters. The molecule has 3 heteroatoms. The van der Waals surface area contributed by atoms with E-state index in [1.165, 1.54) is 64.2 Å². The summed E-state index contributed by atoms with van der Waals surface area (Å²) in [7, 11) is 0. The normalized spacial score (nSPS) is 30.2. The van der Waals surface area contributed by atoms with Crippen molar-refractivity contribution < 1.29 is 9.53 Å². The Hall–Kier alpha value is -0.240. The number of alkyl halides is 1. The minimum Gasteiger partial charge on any atom is -0.462 e.